The van der Waals surface area contributed by atoms with Gasteiger partial charge in [0.05, 0.1) is 17.9 Å². The third kappa shape index (κ3) is 4.03. The summed E-state index contributed by atoms with van der Waals surface area (Å²) in [6, 6.07) is 0.426. The van der Waals surface area contributed by atoms with Gasteiger partial charge in [-0.25, -0.2) is 4.68 Å². The first-order valence-electron chi connectivity index (χ1n) is 7.96. The molecule has 1 unspecified atom stereocenters. The van der Waals surface area contributed by atoms with Gasteiger partial charge in [0.2, 0.25) is 0 Å². The van der Waals surface area contributed by atoms with Crippen LogP contribution in [0.1, 0.15) is 70.5 Å². The molecule has 108 valence electrons. The number of rotatable bonds is 7. The summed E-state index contributed by atoms with van der Waals surface area (Å²) >= 11 is 0. The molecule has 0 spiro atoms. The lowest BCUT2D eigenvalue weighted by Gasteiger charge is -2.27. The number of nitrogens with zero attached hydrogens (tertiary/aromatic N) is 3. The second kappa shape index (κ2) is 7.63. The molecule has 0 amide bonds. The summed E-state index contributed by atoms with van der Waals surface area (Å²) in [4.78, 5) is 0. The van der Waals surface area contributed by atoms with Crippen LogP contribution < -0.4 is 5.32 Å². The zero-order valence-electron chi connectivity index (χ0n) is 12.4. The van der Waals surface area contributed by atoms with Gasteiger partial charge in [-0.3, -0.25) is 0 Å². The van der Waals surface area contributed by atoms with Crippen molar-refractivity contribution in [2.24, 2.45) is 5.92 Å². The molecule has 0 aliphatic heterocycles. The number of nitrogens with one attached hydrogen (secondary N) is 1. The molecule has 1 aromatic rings. The molecule has 1 N–H and O–H groups in total. The van der Waals surface area contributed by atoms with Gasteiger partial charge in [0.25, 0.3) is 0 Å². The first-order chi connectivity index (χ1) is 9.35. The molecular formula is C15H28N4. The molecule has 0 radical (unpaired) electrons. The van der Waals surface area contributed by atoms with Gasteiger partial charge in [-0.15, -0.1) is 5.10 Å². The van der Waals surface area contributed by atoms with Crippen molar-refractivity contribution in [1.29, 1.82) is 0 Å². The van der Waals surface area contributed by atoms with Crippen LogP contribution in [-0.4, -0.2) is 21.5 Å². The Labute approximate surface area is 117 Å². The van der Waals surface area contributed by atoms with Gasteiger partial charge >= 0.3 is 0 Å². The Kier molecular flexibility index (Phi) is 5.83. The largest absolute Gasteiger partial charge is 0.309 e. The summed E-state index contributed by atoms with van der Waals surface area (Å²) in [6.07, 6.45) is 11.4. The number of aryl methyl sites for hydroxylation is 1. The van der Waals surface area contributed by atoms with E-state index in [-0.39, 0.29) is 0 Å². The van der Waals surface area contributed by atoms with Crippen molar-refractivity contribution in [2.75, 3.05) is 6.54 Å². The number of hydrogen-bond donors (Lipinski definition) is 1. The lowest BCUT2D eigenvalue weighted by Crippen LogP contribution is -2.26. The number of hydrogen-bond acceptors (Lipinski definition) is 3. The minimum atomic E-state index is 0.426. The maximum absolute atomic E-state index is 4.23. The van der Waals surface area contributed by atoms with Gasteiger partial charge < -0.3 is 5.32 Å². The summed E-state index contributed by atoms with van der Waals surface area (Å²) < 4.78 is 2.08. The smallest absolute Gasteiger partial charge is 0.0756 e. The monoisotopic (exact) mass is 264 g/mol. The molecular weight excluding hydrogens is 236 g/mol. The van der Waals surface area contributed by atoms with Crippen molar-refractivity contribution < 1.29 is 0 Å². The second-order valence-corrected chi connectivity index (χ2v) is 5.73. The van der Waals surface area contributed by atoms with Crippen molar-refractivity contribution in [2.45, 2.75) is 71.4 Å². The lowest BCUT2D eigenvalue weighted by molar-refractivity contribution is 0.294. The number of aromatic nitrogens is 3. The van der Waals surface area contributed by atoms with Gasteiger partial charge in [-0.05, 0) is 25.3 Å². The standard InChI is InChI=1S/C15H28N4/c1-3-10-19-15(12-17-18-19)14(16-4-2)11-13-8-6-5-7-9-13/h12-14,16H,3-11H2,1-2H3. The summed E-state index contributed by atoms with van der Waals surface area (Å²) in [5, 5.41) is 12.0. The molecule has 1 aromatic heterocycles. The van der Waals surface area contributed by atoms with E-state index in [1.165, 1.54) is 44.2 Å². The molecule has 1 aliphatic carbocycles. The fraction of sp³-hybridized carbons (Fsp3) is 0.867. The van der Waals surface area contributed by atoms with Crippen LogP contribution in [0.5, 0.6) is 0 Å². The summed E-state index contributed by atoms with van der Waals surface area (Å²) in [5.74, 6) is 0.878. The average molecular weight is 264 g/mol. The van der Waals surface area contributed by atoms with E-state index in [9.17, 15) is 0 Å². The Morgan fingerprint density at radius 2 is 2.11 bits per heavy atom. The SMILES string of the molecule is CCCn1nncc1C(CC1CCCCC1)NCC. The van der Waals surface area contributed by atoms with Gasteiger partial charge in [0.15, 0.2) is 0 Å². The molecule has 0 bridgehead atoms. The molecule has 19 heavy (non-hydrogen) atoms. The third-order valence-corrected chi connectivity index (χ3v) is 4.18. The first kappa shape index (κ1) is 14.5. The highest BCUT2D eigenvalue weighted by Crippen LogP contribution is 2.31. The molecule has 0 aromatic carbocycles. The predicted molar refractivity (Wildman–Crippen MR) is 77.9 cm³/mol. The molecule has 1 heterocycles. The van der Waals surface area contributed by atoms with Crippen molar-refractivity contribution in [3.05, 3.63) is 11.9 Å². The van der Waals surface area contributed by atoms with E-state index in [2.05, 4.69) is 34.2 Å². The van der Waals surface area contributed by atoms with Crippen molar-refractivity contribution in [3.63, 3.8) is 0 Å². The molecule has 4 nitrogen and oxygen atoms in total. The van der Waals surface area contributed by atoms with Gasteiger partial charge in [0.1, 0.15) is 0 Å². The van der Waals surface area contributed by atoms with E-state index in [1.807, 2.05) is 6.20 Å². The van der Waals surface area contributed by atoms with Crippen molar-refractivity contribution >= 4 is 0 Å². The van der Waals surface area contributed by atoms with Crippen molar-refractivity contribution in [1.82, 2.24) is 20.3 Å². The van der Waals surface area contributed by atoms with E-state index in [4.69, 9.17) is 0 Å². The van der Waals surface area contributed by atoms with Crippen LogP contribution in [0.25, 0.3) is 0 Å². The highest BCUT2D eigenvalue weighted by molar-refractivity contribution is 5.03. The van der Waals surface area contributed by atoms with Crippen LogP contribution in [0.15, 0.2) is 6.20 Å². The summed E-state index contributed by atoms with van der Waals surface area (Å²) in [6.45, 7) is 6.35. The highest BCUT2D eigenvalue weighted by atomic mass is 15.4. The van der Waals surface area contributed by atoms with E-state index in [0.29, 0.717) is 6.04 Å². The Hall–Kier alpha value is -0.900. The molecule has 1 aliphatic rings. The fourth-order valence-corrected chi connectivity index (χ4v) is 3.23. The average Bonchev–Trinajstić information content (AvgIpc) is 2.88. The van der Waals surface area contributed by atoms with Gasteiger partial charge in [-0.1, -0.05) is 51.2 Å². The van der Waals surface area contributed by atoms with Crippen LogP contribution in [0, 0.1) is 5.92 Å². The maximum Gasteiger partial charge on any atom is 0.0756 e. The fourth-order valence-electron chi connectivity index (χ4n) is 3.23. The molecule has 1 atom stereocenters. The van der Waals surface area contributed by atoms with Gasteiger partial charge in [0, 0.05) is 6.54 Å². The van der Waals surface area contributed by atoms with Crippen LogP contribution >= 0.6 is 0 Å². The minimum Gasteiger partial charge on any atom is -0.309 e. The normalized spacial score (nSPS) is 18.6. The zero-order chi connectivity index (χ0) is 13.5. The Bertz CT molecular complexity index is 355. The zero-order valence-corrected chi connectivity index (χ0v) is 12.4. The van der Waals surface area contributed by atoms with Crippen molar-refractivity contribution in [3.8, 4) is 0 Å². The third-order valence-electron chi connectivity index (χ3n) is 4.18. The maximum atomic E-state index is 4.23. The molecule has 1 fully saturated rings. The first-order valence-corrected chi connectivity index (χ1v) is 7.96. The van der Waals surface area contributed by atoms with Crippen LogP contribution in [-0.2, 0) is 6.54 Å². The lowest BCUT2D eigenvalue weighted by atomic mass is 9.84. The summed E-state index contributed by atoms with van der Waals surface area (Å²) in [7, 11) is 0. The highest BCUT2D eigenvalue weighted by Gasteiger charge is 2.22. The quantitative estimate of drug-likeness (QED) is 0.821. The summed E-state index contributed by atoms with van der Waals surface area (Å²) in [5.41, 5.74) is 1.27. The second-order valence-electron chi connectivity index (χ2n) is 5.73. The molecule has 2 rings (SSSR count). The predicted octanol–water partition coefficient (Wildman–Crippen LogP) is 3.31. The Morgan fingerprint density at radius 1 is 1.32 bits per heavy atom. The topological polar surface area (TPSA) is 42.7 Å². The van der Waals surface area contributed by atoms with Crippen LogP contribution in [0.3, 0.4) is 0 Å². The van der Waals surface area contributed by atoms with Crippen LogP contribution in [0.4, 0.5) is 0 Å². The van der Waals surface area contributed by atoms with Gasteiger partial charge in [-0.2, -0.15) is 0 Å². The molecule has 1 saturated carbocycles. The van der Waals surface area contributed by atoms with Crippen LogP contribution in [0.2, 0.25) is 0 Å². The Morgan fingerprint density at radius 3 is 2.79 bits per heavy atom. The van der Waals surface area contributed by atoms with E-state index in [1.54, 1.807) is 0 Å². The van der Waals surface area contributed by atoms with E-state index < -0.39 is 0 Å². The minimum absolute atomic E-state index is 0.426. The molecule has 4 heteroatoms. The van der Waals surface area contributed by atoms with E-state index >= 15 is 0 Å². The Balaban J connectivity index is 2.02. The van der Waals surface area contributed by atoms with E-state index in [0.717, 1.165) is 25.4 Å². The molecule has 0 saturated heterocycles.